The summed E-state index contributed by atoms with van der Waals surface area (Å²) in [6, 6.07) is 5.09. The molecular formula is C14H18N6O. The molecule has 21 heavy (non-hydrogen) atoms. The highest BCUT2D eigenvalue weighted by atomic mass is 16.3. The van der Waals surface area contributed by atoms with Crippen molar-refractivity contribution in [2.75, 3.05) is 18.4 Å². The summed E-state index contributed by atoms with van der Waals surface area (Å²) in [7, 11) is 0. The van der Waals surface area contributed by atoms with Crippen molar-refractivity contribution in [2.24, 2.45) is 5.73 Å². The molecule has 7 nitrogen and oxygen atoms in total. The number of aryl methyl sites for hydroxylation is 1. The van der Waals surface area contributed by atoms with Crippen LogP contribution in [0.3, 0.4) is 0 Å². The lowest BCUT2D eigenvalue weighted by Crippen LogP contribution is -2.08. The molecule has 0 radical (unpaired) electrons. The van der Waals surface area contributed by atoms with E-state index >= 15 is 0 Å². The number of fused-ring (bicyclic) bond motifs is 3. The first-order valence-electron chi connectivity index (χ1n) is 6.99. The molecule has 3 rings (SSSR count). The maximum absolute atomic E-state index is 9.64. The third-order valence-corrected chi connectivity index (χ3v) is 3.39. The SMILES string of the molecule is Cc1nnc2c(NCCCCN)nc3cc(O)ccc3n12. The average Bonchev–Trinajstić information content (AvgIpc) is 2.86. The van der Waals surface area contributed by atoms with Crippen molar-refractivity contribution in [3.63, 3.8) is 0 Å². The standard InChI is InChI=1S/C14H18N6O/c1-9-18-19-14-13(16-7-3-2-6-15)17-11-8-10(21)4-5-12(11)20(9)14/h4-5,8,21H,2-3,6-7,15H2,1H3,(H,16,17). The van der Waals surface area contributed by atoms with Gasteiger partial charge in [-0.2, -0.15) is 0 Å². The minimum Gasteiger partial charge on any atom is -0.508 e. The summed E-state index contributed by atoms with van der Waals surface area (Å²) in [5.74, 6) is 1.65. The zero-order valence-corrected chi connectivity index (χ0v) is 11.9. The quantitative estimate of drug-likeness (QED) is 0.613. The molecule has 0 saturated carbocycles. The predicted molar refractivity (Wildman–Crippen MR) is 81.5 cm³/mol. The fourth-order valence-corrected chi connectivity index (χ4v) is 2.36. The Balaban J connectivity index is 2.09. The lowest BCUT2D eigenvalue weighted by molar-refractivity contribution is 0.476. The number of nitrogens with zero attached hydrogens (tertiary/aromatic N) is 4. The van der Waals surface area contributed by atoms with Crippen molar-refractivity contribution in [1.82, 2.24) is 19.6 Å². The van der Waals surface area contributed by atoms with Gasteiger partial charge in [0.1, 0.15) is 11.6 Å². The Labute approximate surface area is 121 Å². The van der Waals surface area contributed by atoms with Gasteiger partial charge in [0.05, 0.1) is 11.0 Å². The second kappa shape index (κ2) is 5.53. The summed E-state index contributed by atoms with van der Waals surface area (Å²) in [4.78, 5) is 4.55. The fourth-order valence-electron chi connectivity index (χ4n) is 2.36. The molecule has 3 aromatic rings. The van der Waals surface area contributed by atoms with Gasteiger partial charge < -0.3 is 16.2 Å². The van der Waals surface area contributed by atoms with E-state index in [1.165, 1.54) is 0 Å². The highest BCUT2D eigenvalue weighted by Crippen LogP contribution is 2.24. The van der Waals surface area contributed by atoms with Gasteiger partial charge in [0.2, 0.25) is 5.65 Å². The number of rotatable bonds is 5. The van der Waals surface area contributed by atoms with Gasteiger partial charge in [-0.1, -0.05) is 0 Å². The van der Waals surface area contributed by atoms with Crippen LogP contribution in [0.4, 0.5) is 5.82 Å². The molecule has 0 aliphatic carbocycles. The Hall–Kier alpha value is -2.41. The number of aromatic nitrogens is 4. The monoisotopic (exact) mass is 286 g/mol. The smallest absolute Gasteiger partial charge is 0.204 e. The van der Waals surface area contributed by atoms with Crippen LogP contribution in [0.5, 0.6) is 5.75 Å². The Kier molecular flexibility index (Phi) is 3.57. The van der Waals surface area contributed by atoms with Gasteiger partial charge >= 0.3 is 0 Å². The number of nitrogens with one attached hydrogen (secondary N) is 1. The van der Waals surface area contributed by atoms with Crippen molar-refractivity contribution in [1.29, 1.82) is 0 Å². The third kappa shape index (κ3) is 2.47. The van der Waals surface area contributed by atoms with E-state index < -0.39 is 0 Å². The molecule has 0 bridgehead atoms. The normalized spacial score (nSPS) is 11.3. The second-order valence-corrected chi connectivity index (χ2v) is 4.96. The molecule has 0 atom stereocenters. The number of unbranched alkanes of at least 4 members (excludes halogenated alkanes) is 1. The molecule has 0 aliphatic rings. The molecule has 7 heteroatoms. The summed E-state index contributed by atoms with van der Waals surface area (Å²) in [6.07, 6.45) is 1.93. The van der Waals surface area contributed by atoms with Gasteiger partial charge in [0.15, 0.2) is 5.82 Å². The molecule has 0 unspecified atom stereocenters. The van der Waals surface area contributed by atoms with E-state index in [0.717, 1.165) is 30.7 Å². The second-order valence-electron chi connectivity index (χ2n) is 4.96. The maximum Gasteiger partial charge on any atom is 0.204 e. The lowest BCUT2D eigenvalue weighted by Gasteiger charge is -2.09. The lowest BCUT2D eigenvalue weighted by atomic mass is 10.2. The van der Waals surface area contributed by atoms with Crippen LogP contribution in [0.2, 0.25) is 0 Å². The zero-order chi connectivity index (χ0) is 14.8. The Morgan fingerprint density at radius 1 is 1.29 bits per heavy atom. The fraction of sp³-hybridized carbons (Fsp3) is 0.357. The number of aromatic hydroxyl groups is 1. The molecule has 0 saturated heterocycles. The minimum absolute atomic E-state index is 0.189. The summed E-state index contributed by atoms with van der Waals surface area (Å²) in [5, 5.41) is 21.2. The summed E-state index contributed by atoms with van der Waals surface area (Å²) in [6.45, 7) is 3.35. The molecule has 1 aromatic carbocycles. The first-order chi connectivity index (χ1) is 10.2. The number of nitrogens with two attached hydrogens (primary N) is 1. The molecular weight excluding hydrogens is 268 g/mol. The van der Waals surface area contributed by atoms with Gasteiger partial charge in [-0.15, -0.1) is 10.2 Å². The van der Waals surface area contributed by atoms with Crippen molar-refractivity contribution < 1.29 is 5.11 Å². The van der Waals surface area contributed by atoms with Gasteiger partial charge in [-0.05, 0) is 38.4 Å². The Morgan fingerprint density at radius 2 is 2.14 bits per heavy atom. The van der Waals surface area contributed by atoms with E-state index in [1.54, 1.807) is 12.1 Å². The molecule has 0 aliphatic heterocycles. The maximum atomic E-state index is 9.64. The number of hydrogen-bond donors (Lipinski definition) is 3. The number of phenols is 1. The van der Waals surface area contributed by atoms with Crippen molar-refractivity contribution in [3.05, 3.63) is 24.0 Å². The molecule has 0 fully saturated rings. The van der Waals surface area contributed by atoms with Crippen LogP contribution in [-0.4, -0.2) is 37.8 Å². The molecule has 0 amide bonds. The number of benzene rings is 1. The van der Waals surface area contributed by atoms with E-state index in [-0.39, 0.29) is 5.75 Å². The van der Waals surface area contributed by atoms with E-state index in [9.17, 15) is 5.11 Å². The van der Waals surface area contributed by atoms with Crippen LogP contribution < -0.4 is 11.1 Å². The highest BCUT2D eigenvalue weighted by molar-refractivity contribution is 5.83. The minimum atomic E-state index is 0.189. The molecule has 2 aromatic heterocycles. The van der Waals surface area contributed by atoms with Crippen LogP contribution >= 0.6 is 0 Å². The first kappa shape index (κ1) is 13.6. The Morgan fingerprint density at radius 3 is 2.95 bits per heavy atom. The van der Waals surface area contributed by atoms with Gasteiger partial charge in [-0.25, -0.2) is 4.98 Å². The van der Waals surface area contributed by atoms with Crippen LogP contribution in [0.25, 0.3) is 16.7 Å². The highest BCUT2D eigenvalue weighted by Gasteiger charge is 2.12. The summed E-state index contributed by atoms with van der Waals surface area (Å²) in [5.41, 5.74) is 7.76. The molecule has 110 valence electrons. The third-order valence-electron chi connectivity index (χ3n) is 3.39. The van der Waals surface area contributed by atoms with Crippen molar-refractivity contribution in [2.45, 2.75) is 19.8 Å². The summed E-state index contributed by atoms with van der Waals surface area (Å²) < 4.78 is 1.94. The first-order valence-corrected chi connectivity index (χ1v) is 6.99. The number of phenolic OH excluding ortho intramolecular Hbond substituents is 1. The average molecular weight is 286 g/mol. The van der Waals surface area contributed by atoms with E-state index in [1.807, 2.05) is 17.4 Å². The largest absolute Gasteiger partial charge is 0.508 e. The zero-order valence-electron chi connectivity index (χ0n) is 11.9. The van der Waals surface area contributed by atoms with Crippen molar-refractivity contribution in [3.8, 4) is 5.75 Å². The van der Waals surface area contributed by atoms with E-state index in [2.05, 4.69) is 20.5 Å². The van der Waals surface area contributed by atoms with Gasteiger partial charge in [0, 0.05) is 12.6 Å². The number of hydrogen-bond acceptors (Lipinski definition) is 6. The van der Waals surface area contributed by atoms with Crippen LogP contribution in [0, 0.1) is 6.92 Å². The molecule has 4 N–H and O–H groups in total. The molecule has 0 spiro atoms. The predicted octanol–water partition coefficient (Wildman–Crippen LogP) is 1.44. The summed E-state index contributed by atoms with van der Waals surface area (Å²) >= 11 is 0. The van der Waals surface area contributed by atoms with Gasteiger partial charge in [0.25, 0.3) is 0 Å². The van der Waals surface area contributed by atoms with E-state index in [4.69, 9.17) is 5.73 Å². The number of anilines is 1. The Bertz CT molecular complexity index is 782. The van der Waals surface area contributed by atoms with Gasteiger partial charge in [-0.3, -0.25) is 4.40 Å². The van der Waals surface area contributed by atoms with Crippen LogP contribution in [-0.2, 0) is 0 Å². The topological polar surface area (TPSA) is 101 Å². The van der Waals surface area contributed by atoms with E-state index in [0.29, 0.717) is 23.5 Å². The molecule has 2 heterocycles. The van der Waals surface area contributed by atoms with Crippen LogP contribution in [0.15, 0.2) is 18.2 Å². The van der Waals surface area contributed by atoms with Crippen molar-refractivity contribution >= 4 is 22.5 Å². The van der Waals surface area contributed by atoms with Crippen LogP contribution in [0.1, 0.15) is 18.7 Å².